The van der Waals surface area contributed by atoms with Crippen LogP contribution in [0.15, 0.2) is 12.4 Å². The third-order valence-corrected chi connectivity index (χ3v) is 1.92. The van der Waals surface area contributed by atoms with Gasteiger partial charge >= 0.3 is 6.09 Å². The molecule has 0 radical (unpaired) electrons. The summed E-state index contributed by atoms with van der Waals surface area (Å²) in [5.41, 5.74) is -0.144. The Bertz CT molecular complexity index is 452. The summed E-state index contributed by atoms with van der Waals surface area (Å²) in [6.07, 6.45) is 2.69. The first-order valence-corrected chi connectivity index (χ1v) is 5.34. The van der Waals surface area contributed by atoms with E-state index in [1.54, 1.807) is 20.8 Å². The fraction of sp³-hybridized carbons (Fsp3) is 0.417. The number of carbonyl (C=O) groups is 2. The molecule has 0 unspecified atom stereocenters. The number of aldehydes is 1. The topological polar surface area (TPSA) is 77.5 Å². The molecule has 1 N–H and O–H groups in total. The van der Waals surface area contributed by atoms with Gasteiger partial charge in [0.25, 0.3) is 0 Å². The Morgan fingerprint density at radius 2 is 2.06 bits per heavy atom. The second kappa shape index (κ2) is 5.48. The number of hydrogen-bond donors (Lipinski definition) is 1. The maximum atomic E-state index is 11.6. The molecule has 1 aromatic rings. The number of nitrogens with zero attached hydrogens (tertiary/aromatic N) is 1. The highest BCUT2D eigenvalue weighted by Gasteiger charge is 2.18. The van der Waals surface area contributed by atoms with E-state index in [4.69, 9.17) is 9.47 Å². The zero-order chi connectivity index (χ0) is 13.8. The largest absolute Gasteiger partial charge is 0.494 e. The van der Waals surface area contributed by atoms with Crippen molar-refractivity contribution in [2.45, 2.75) is 26.4 Å². The SMILES string of the molecule is COc1cncc(NC(=O)OC(C)(C)C)c1C=O. The molecular weight excluding hydrogens is 236 g/mol. The highest BCUT2D eigenvalue weighted by Crippen LogP contribution is 2.23. The summed E-state index contributed by atoms with van der Waals surface area (Å²) >= 11 is 0. The molecule has 6 heteroatoms. The van der Waals surface area contributed by atoms with E-state index >= 15 is 0 Å². The van der Waals surface area contributed by atoms with Gasteiger partial charge in [0.2, 0.25) is 0 Å². The van der Waals surface area contributed by atoms with Crippen molar-refractivity contribution in [1.82, 2.24) is 4.98 Å². The van der Waals surface area contributed by atoms with E-state index in [0.717, 1.165) is 0 Å². The van der Waals surface area contributed by atoms with Gasteiger partial charge in [-0.25, -0.2) is 4.79 Å². The molecule has 18 heavy (non-hydrogen) atoms. The molecule has 0 bridgehead atoms. The Kier molecular flexibility index (Phi) is 4.25. The minimum atomic E-state index is -0.652. The van der Waals surface area contributed by atoms with E-state index in [1.807, 2.05) is 0 Å². The lowest BCUT2D eigenvalue weighted by Crippen LogP contribution is -2.27. The minimum Gasteiger partial charge on any atom is -0.494 e. The molecule has 0 saturated carbocycles. The molecule has 1 rings (SSSR count). The van der Waals surface area contributed by atoms with Gasteiger partial charge in [-0.15, -0.1) is 0 Å². The van der Waals surface area contributed by atoms with Crippen LogP contribution < -0.4 is 10.1 Å². The Labute approximate surface area is 105 Å². The minimum absolute atomic E-state index is 0.221. The van der Waals surface area contributed by atoms with Crippen LogP contribution in [0.4, 0.5) is 10.5 Å². The number of hydrogen-bond acceptors (Lipinski definition) is 5. The average Bonchev–Trinajstić information content (AvgIpc) is 2.25. The van der Waals surface area contributed by atoms with Gasteiger partial charge in [0.05, 0.1) is 30.8 Å². The van der Waals surface area contributed by atoms with Crippen LogP contribution in [0.2, 0.25) is 0 Å². The molecule has 1 aromatic heterocycles. The molecule has 0 fully saturated rings. The van der Waals surface area contributed by atoms with Crippen LogP contribution in [0, 0.1) is 0 Å². The molecule has 0 aromatic carbocycles. The number of carbonyl (C=O) groups excluding carboxylic acids is 2. The van der Waals surface area contributed by atoms with Crippen LogP contribution in [0.5, 0.6) is 5.75 Å². The lowest BCUT2D eigenvalue weighted by Gasteiger charge is -2.20. The van der Waals surface area contributed by atoms with Crippen LogP contribution in [0.3, 0.4) is 0 Å². The number of amides is 1. The Morgan fingerprint density at radius 1 is 1.39 bits per heavy atom. The smallest absolute Gasteiger partial charge is 0.412 e. The number of methoxy groups -OCH3 is 1. The molecule has 0 aliphatic heterocycles. The summed E-state index contributed by atoms with van der Waals surface area (Å²) in [6, 6.07) is 0. The van der Waals surface area contributed by atoms with E-state index in [-0.39, 0.29) is 11.3 Å². The predicted molar refractivity (Wildman–Crippen MR) is 66.0 cm³/mol. The summed E-state index contributed by atoms with van der Waals surface area (Å²) in [7, 11) is 1.42. The van der Waals surface area contributed by atoms with Gasteiger partial charge in [-0.3, -0.25) is 15.1 Å². The van der Waals surface area contributed by atoms with Crippen molar-refractivity contribution in [2.75, 3.05) is 12.4 Å². The molecule has 0 aliphatic rings. The average molecular weight is 252 g/mol. The van der Waals surface area contributed by atoms with Gasteiger partial charge in [-0.05, 0) is 20.8 Å². The van der Waals surface area contributed by atoms with Crippen molar-refractivity contribution in [1.29, 1.82) is 0 Å². The monoisotopic (exact) mass is 252 g/mol. The number of rotatable bonds is 3. The standard InChI is InChI=1S/C12H16N2O4/c1-12(2,3)18-11(16)14-9-5-13-6-10(17-4)8(9)7-15/h5-7H,1-4H3,(H,14,16). The molecule has 0 saturated heterocycles. The van der Waals surface area contributed by atoms with Gasteiger partial charge in [0.15, 0.2) is 6.29 Å². The maximum absolute atomic E-state index is 11.6. The first-order valence-electron chi connectivity index (χ1n) is 5.34. The highest BCUT2D eigenvalue weighted by molar-refractivity contribution is 5.94. The van der Waals surface area contributed by atoms with E-state index in [1.165, 1.54) is 19.5 Å². The van der Waals surface area contributed by atoms with E-state index in [0.29, 0.717) is 12.0 Å². The van der Waals surface area contributed by atoms with Crippen molar-refractivity contribution in [3.63, 3.8) is 0 Å². The molecule has 1 amide bonds. The van der Waals surface area contributed by atoms with Crippen molar-refractivity contribution in [2.24, 2.45) is 0 Å². The number of ether oxygens (including phenoxy) is 2. The molecule has 0 atom stereocenters. The molecule has 1 heterocycles. The van der Waals surface area contributed by atoms with Crippen LogP contribution in [-0.4, -0.2) is 30.1 Å². The fourth-order valence-corrected chi connectivity index (χ4v) is 1.25. The van der Waals surface area contributed by atoms with Crippen molar-refractivity contribution in [3.8, 4) is 5.75 Å². The maximum Gasteiger partial charge on any atom is 0.412 e. The predicted octanol–water partition coefficient (Wildman–Crippen LogP) is 2.25. The van der Waals surface area contributed by atoms with Gasteiger partial charge in [0.1, 0.15) is 11.4 Å². The molecular formula is C12H16N2O4. The number of pyridine rings is 1. The van der Waals surface area contributed by atoms with Crippen LogP contribution >= 0.6 is 0 Å². The third kappa shape index (κ3) is 3.73. The Hall–Kier alpha value is -2.11. The van der Waals surface area contributed by atoms with Gasteiger partial charge in [-0.1, -0.05) is 0 Å². The van der Waals surface area contributed by atoms with Crippen molar-refractivity contribution in [3.05, 3.63) is 18.0 Å². The van der Waals surface area contributed by atoms with Crippen LogP contribution in [0.25, 0.3) is 0 Å². The molecule has 0 spiro atoms. The number of aromatic nitrogens is 1. The Balaban J connectivity index is 2.91. The quantitative estimate of drug-likeness (QED) is 0.835. The Morgan fingerprint density at radius 3 is 2.56 bits per heavy atom. The molecule has 98 valence electrons. The second-order valence-corrected chi connectivity index (χ2v) is 4.55. The van der Waals surface area contributed by atoms with Gasteiger partial charge in [-0.2, -0.15) is 0 Å². The summed E-state index contributed by atoms with van der Waals surface area (Å²) in [5.74, 6) is 0.290. The lowest BCUT2D eigenvalue weighted by molar-refractivity contribution is 0.0636. The molecule has 0 aliphatic carbocycles. The first-order chi connectivity index (χ1) is 8.37. The third-order valence-electron chi connectivity index (χ3n) is 1.92. The van der Waals surface area contributed by atoms with Gasteiger partial charge < -0.3 is 9.47 Å². The van der Waals surface area contributed by atoms with Gasteiger partial charge in [0, 0.05) is 0 Å². The number of anilines is 1. The second-order valence-electron chi connectivity index (χ2n) is 4.55. The first kappa shape index (κ1) is 14.0. The fourth-order valence-electron chi connectivity index (χ4n) is 1.25. The van der Waals surface area contributed by atoms with Crippen LogP contribution in [0.1, 0.15) is 31.1 Å². The lowest BCUT2D eigenvalue weighted by atomic mass is 10.2. The summed E-state index contributed by atoms with van der Waals surface area (Å²) in [4.78, 5) is 26.4. The summed E-state index contributed by atoms with van der Waals surface area (Å²) < 4.78 is 10.1. The van der Waals surface area contributed by atoms with E-state index < -0.39 is 11.7 Å². The summed E-state index contributed by atoms with van der Waals surface area (Å²) in [6.45, 7) is 5.24. The van der Waals surface area contributed by atoms with Crippen LogP contribution in [-0.2, 0) is 4.74 Å². The zero-order valence-corrected chi connectivity index (χ0v) is 10.8. The number of nitrogens with one attached hydrogen (secondary N) is 1. The normalized spacial score (nSPS) is 10.7. The van der Waals surface area contributed by atoms with E-state index in [2.05, 4.69) is 10.3 Å². The molecule has 6 nitrogen and oxygen atoms in total. The summed E-state index contributed by atoms with van der Waals surface area (Å²) in [5, 5.41) is 2.46. The van der Waals surface area contributed by atoms with Crippen molar-refractivity contribution >= 4 is 18.1 Å². The van der Waals surface area contributed by atoms with E-state index in [9.17, 15) is 9.59 Å². The van der Waals surface area contributed by atoms with Crippen molar-refractivity contribution < 1.29 is 19.1 Å². The highest BCUT2D eigenvalue weighted by atomic mass is 16.6. The zero-order valence-electron chi connectivity index (χ0n) is 10.8.